The monoisotopic (exact) mass is 379 g/mol. The van der Waals surface area contributed by atoms with E-state index in [1.165, 1.54) is 11.1 Å². The first-order valence-corrected chi connectivity index (χ1v) is 9.79. The van der Waals surface area contributed by atoms with Gasteiger partial charge in [0.1, 0.15) is 0 Å². The molecule has 0 aliphatic carbocycles. The van der Waals surface area contributed by atoms with Crippen molar-refractivity contribution in [1.82, 2.24) is 14.5 Å². The van der Waals surface area contributed by atoms with Gasteiger partial charge in [0.25, 0.3) is 0 Å². The average Bonchev–Trinajstić information content (AvgIpc) is 2.99. The molecule has 0 N–H and O–H groups in total. The molecule has 130 valence electrons. The quantitative estimate of drug-likeness (QED) is 0.414. The molecule has 0 aliphatic heterocycles. The van der Waals surface area contributed by atoms with Gasteiger partial charge in [-0.1, -0.05) is 59.8 Å². The van der Waals surface area contributed by atoms with Crippen molar-refractivity contribution in [3.63, 3.8) is 0 Å². The highest BCUT2D eigenvalue weighted by Gasteiger charge is 2.13. The van der Waals surface area contributed by atoms with E-state index >= 15 is 0 Å². The minimum Gasteiger partial charge on any atom is -0.313 e. The Morgan fingerprint density at radius 2 is 1.96 bits per heavy atom. The van der Waals surface area contributed by atoms with Crippen LogP contribution in [-0.4, -0.2) is 14.5 Å². The van der Waals surface area contributed by atoms with Crippen molar-refractivity contribution in [2.45, 2.75) is 24.4 Å². The molecule has 0 aliphatic rings. The standard InChI is InChI=1S/C21H18ClN3S/c1-15-5-2-3-7-17(15)14-26-21-24-19-9-10-23-12-20(19)25(21)13-16-6-4-8-18(22)11-16/h2-12H,13-14H2,1H3. The van der Waals surface area contributed by atoms with Crippen molar-refractivity contribution in [3.05, 3.63) is 88.7 Å². The van der Waals surface area contributed by atoms with Crippen LogP contribution in [0.2, 0.25) is 5.02 Å². The second-order valence-corrected chi connectivity index (χ2v) is 7.57. The van der Waals surface area contributed by atoms with Gasteiger partial charge in [-0.25, -0.2) is 4.98 Å². The summed E-state index contributed by atoms with van der Waals surface area (Å²) in [6.07, 6.45) is 3.67. The van der Waals surface area contributed by atoms with Crippen molar-refractivity contribution in [2.24, 2.45) is 0 Å². The van der Waals surface area contributed by atoms with E-state index in [1.807, 2.05) is 30.5 Å². The maximum atomic E-state index is 6.16. The Morgan fingerprint density at radius 1 is 1.08 bits per heavy atom. The molecule has 26 heavy (non-hydrogen) atoms. The fraction of sp³-hybridized carbons (Fsp3) is 0.143. The predicted octanol–water partition coefficient (Wildman–Crippen LogP) is 5.73. The molecule has 2 heterocycles. The third-order valence-corrected chi connectivity index (χ3v) is 5.62. The van der Waals surface area contributed by atoms with Crippen LogP contribution in [0.5, 0.6) is 0 Å². The van der Waals surface area contributed by atoms with Crippen molar-refractivity contribution < 1.29 is 0 Å². The highest BCUT2D eigenvalue weighted by atomic mass is 35.5. The molecule has 0 atom stereocenters. The number of aryl methyl sites for hydroxylation is 1. The number of nitrogens with zero attached hydrogens (tertiary/aromatic N) is 3. The number of imidazole rings is 1. The summed E-state index contributed by atoms with van der Waals surface area (Å²) in [7, 11) is 0. The van der Waals surface area contributed by atoms with Crippen LogP contribution < -0.4 is 0 Å². The minimum atomic E-state index is 0.721. The van der Waals surface area contributed by atoms with Gasteiger partial charge in [0, 0.05) is 17.0 Å². The van der Waals surface area contributed by atoms with Crippen LogP contribution >= 0.6 is 23.4 Å². The molecule has 5 heteroatoms. The van der Waals surface area contributed by atoms with Crippen LogP contribution in [0.4, 0.5) is 0 Å². The number of hydrogen-bond donors (Lipinski definition) is 0. The van der Waals surface area contributed by atoms with E-state index < -0.39 is 0 Å². The van der Waals surface area contributed by atoms with Crippen molar-refractivity contribution in [1.29, 1.82) is 0 Å². The van der Waals surface area contributed by atoms with Crippen molar-refractivity contribution in [3.8, 4) is 0 Å². The number of rotatable bonds is 5. The van der Waals surface area contributed by atoms with Gasteiger partial charge < -0.3 is 4.57 Å². The number of fused-ring (bicyclic) bond motifs is 1. The first-order valence-electron chi connectivity index (χ1n) is 8.43. The summed E-state index contributed by atoms with van der Waals surface area (Å²) in [5.74, 6) is 0.888. The van der Waals surface area contributed by atoms with E-state index in [0.29, 0.717) is 0 Å². The lowest BCUT2D eigenvalue weighted by atomic mass is 10.1. The number of benzene rings is 2. The number of hydrogen-bond acceptors (Lipinski definition) is 3. The van der Waals surface area contributed by atoms with Crippen LogP contribution in [-0.2, 0) is 12.3 Å². The van der Waals surface area contributed by atoms with Gasteiger partial charge in [-0.3, -0.25) is 4.98 Å². The van der Waals surface area contributed by atoms with Gasteiger partial charge in [-0.15, -0.1) is 0 Å². The average molecular weight is 380 g/mol. The van der Waals surface area contributed by atoms with E-state index in [-0.39, 0.29) is 0 Å². The van der Waals surface area contributed by atoms with Gasteiger partial charge in [0.2, 0.25) is 0 Å². The Hall–Kier alpha value is -2.30. The lowest BCUT2D eigenvalue weighted by Crippen LogP contribution is -2.02. The molecule has 0 radical (unpaired) electrons. The molecule has 0 fully saturated rings. The molecular formula is C21H18ClN3S. The largest absolute Gasteiger partial charge is 0.313 e. The smallest absolute Gasteiger partial charge is 0.169 e. The van der Waals surface area contributed by atoms with E-state index in [9.17, 15) is 0 Å². The second-order valence-electron chi connectivity index (χ2n) is 6.19. The Labute approximate surface area is 162 Å². The molecule has 0 spiro atoms. The molecule has 0 saturated heterocycles. The SMILES string of the molecule is Cc1ccccc1CSc1nc2ccncc2n1Cc1cccc(Cl)c1. The maximum Gasteiger partial charge on any atom is 0.169 e. The van der Waals surface area contributed by atoms with Crippen LogP contribution in [0.3, 0.4) is 0 Å². The van der Waals surface area contributed by atoms with E-state index in [2.05, 4.69) is 46.8 Å². The van der Waals surface area contributed by atoms with E-state index in [4.69, 9.17) is 16.6 Å². The number of aromatic nitrogens is 3. The Kier molecular flexibility index (Phi) is 4.96. The fourth-order valence-electron chi connectivity index (χ4n) is 2.94. The highest BCUT2D eigenvalue weighted by Crippen LogP contribution is 2.28. The van der Waals surface area contributed by atoms with Crippen LogP contribution in [0.1, 0.15) is 16.7 Å². The normalized spacial score (nSPS) is 11.2. The molecular weight excluding hydrogens is 362 g/mol. The minimum absolute atomic E-state index is 0.721. The van der Waals surface area contributed by atoms with Crippen LogP contribution in [0.25, 0.3) is 11.0 Å². The topological polar surface area (TPSA) is 30.7 Å². The van der Waals surface area contributed by atoms with Gasteiger partial charge in [0.05, 0.1) is 23.8 Å². The Bertz CT molecular complexity index is 1060. The van der Waals surface area contributed by atoms with E-state index in [0.717, 1.165) is 39.1 Å². The van der Waals surface area contributed by atoms with Crippen LogP contribution in [0.15, 0.2) is 72.1 Å². The molecule has 0 unspecified atom stereocenters. The number of halogens is 1. The Balaban J connectivity index is 1.68. The molecule has 4 aromatic rings. The van der Waals surface area contributed by atoms with Gasteiger partial charge in [0.15, 0.2) is 5.16 Å². The molecule has 0 bridgehead atoms. The third-order valence-electron chi connectivity index (χ3n) is 4.36. The maximum absolute atomic E-state index is 6.16. The van der Waals surface area contributed by atoms with Crippen molar-refractivity contribution in [2.75, 3.05) is 0 Å². The molecule has 0 amide bonds. The molecule has 2 aromatic heterocycles. The molecule has 2 aromatic carbocycles. The summed E-state index contributed by atoms with van der Waals surface area (Å²) < 4.78 is 2.22. The second kappa shape index (κ2) is 7.52. The summed E-state index contributed by atoms with van der Waals surface area (Å²) in [5, 5.41) is 1.75. The summed E-state index contributed by atoms with van der Waals surface area (Å²) in [6, 6.07) is 18.4. The number of pyridine rings is 1. The third kappa shape index (κ3) is 3.62. The zero-order valence-corrected chi connectivity index (χ0v) is 16.0. The van der Waals surface area contributed by atoms with Crippen molar-refractivity contribution >= 4 is 34.4 Å². The zero-order valence-electron chi connectivity index (χ0n) is 14.4. The first kappa shape index (κ1) is 17.1. The summed E-state index contributed by atoms with van der Waals surface area (Å²) >= 11 is 7.91. The number of thioether (sulfide) groups is 1. The Morgan fingerprint density at radius 3 is 2.81 bits per heavy atom. The van der Waals surface area contributed by atoms with Gasteiger partial charge >= 0.3 is 0 Å². The summed E-state index contributed by atoms with van der Waals surface area (Å²) in [6.45, 7) is 2.87. The van der Waals surface area contributed by atoms with Crippen LogP contribution in [0, 0.1) is 6.92 Å². The summed E-state index contributed by atoms with van der Waals surface area (Å²) in [5.41, 5.74) is 5.80. The fourth-order valence-corrected chi connectivity index (χ4v) is 4.25. The van der Waals surface area contributed by atoms with E-state index in [1.54, 1.807) is 18.0 Å². The van der Waals surface area contributed by atoms with Gasteiger partial charge in [-0.2, -0.15) is 0 Å². The molecule has 0 saturated carbocycles. The lowest BCUT2D eigenvalue weighted by molar-refractivity contribution is 0.730. The predicted molar refractivity (Wildman–Crippen MR) is 109 cm³/mol. The zero-order chi connectivity index (χ0) is 17.9. The first-order chi connectivity index (χ1) is 12.7. The highest BCUT2D eigenvalue weighted by molar-refractivity contribution is 7.98. The lowest BCUT2D eigenvalue weighted by Gasteiger charge is -2.10. The summed E-state index contributed by atoms with van der Waals surface area (Å²) in [4.78, 5) is 9.11. The molecule has 4 rings (SSSR count). The van der Waals surface area contributed by atoms with Gasteiger partial charge in [-0.05, 0) is 41.8 Å². The molecule has 3 nitrogen and oxygen atoms in total.